The minimum absolute atomic E-state index is 0.0513. The first-order valence-corrected chi connectivity index (χ1v) is 11.4. The number of alkyl halides is 1. The molecule has 2 aliphatic heterocycles. The van der Waals surface area contributed by atoms with Gasteiger partial charge in [-0.1, -0.05) is 6.07 Å². The molecule has 4 heterocycles. The zero-order valence-electron chi connectivity index (χ0n) is 19.3. The number of benzene rings is 1. The van der Waals surface area contributed by atoms with E-state index in [0.717, 1.165) is 19.3 Å². The Kier molecular flexibility index (Phi) is 5.55. The number of nitrogens with zero attached hydrogens (tertiary/aromatic N) is 6. The van der Waals surface area contributed by atoms with Gasteiger partial charge in [-0.05, 0) is 51.4 Å². The van der Waals surface area contributed by atoms with E-state index in [9.17, 15) is 9.90 Å². The van der Waals surface area contributed by atoms with Crippen molar-refractivity contribution in [3.8, 4) is 34.3 Å². The van der Waals surface area contributed by atoms with E-state index in [-0.39, 0.29) is 29.0 Å². The Labute approximate surface area is 196 Å². The van der Waals surface area contributed by atoms with Gasteiger partial charge in [0.1, 0.15) is 18.2 Å². The van der Waals surface area contributed by atoms with Gasteiger partial charge in [-0.25, -0.2) is 14.2 Å². The third-order valence-corrected chi connectivity index (χ3v) is 7.23. The van der Waals surface area contributed by atoms with Crippen LogP contribution in [-0.4, -0.2) is 65.6 Å². The Morgan fingerprint density at radius 2 is 2.03 bits per heavy atom. The lowest BCUT2D eigenvalue weighted by molar-refractivity contribution is -0.105. The molecule has 2 fully saturated rings. The summed E-state index contributed by atoms with van der Waals surface area (Å²) in [6, 6.07) is 8.00. The van der Waals surface area contributed by atoms with Crippen LogP contribution >= 0.6 is 0 Å². The maximum absolute atomic E-state index is 15.2. The van der Waals surface area contributed by atoms with Crippen LogP contribution in [-0.2, 0) is 7.05 Å². The quantitative estimate of drug-likeness (QED) is 0.626. The van der Waals surface area contributed by atoms with E-state index in [1.165, 1.54) is 17.0 Å². The van der Waals surface area contributed by atoms with Crippen LogP contribution in [0.4, 0.5) is 4.39 Å². The third-order valence-electron chi connectivity index (χ3n) is 7.23. The summed E-state index contributed by atoms with van der Waals surface area (Å²) in [6.45, 7) is 2.17. The van der Waals surface area contributed by atoms with Crippen molar-refractivity contribution in [2.24, 2.45) is 7.05 Å². The van der Waals surface area contributed by atoms with Gasteiger partial charge in [-0.15, -0.1) is 10.2 Å². The summed E-state index contributed by atoms with van der Waals surface area (Å²) in [6.07, 6.45) is 3.19. The summed E-state index contributed by atoms with van der Waals surface area (Å²) in [7, 11) is 3.56. The number of hydrogen-bond donors (Lipinski definition) is 1. The zero-order chi connectivity index (χ0) is 24.0. The average molecular weight is 467 g/mol. The predicted octanol–water partition coefficient (Wildman–Crippen LogP) is 2.74. The van der Waals surface area contributed by atoms with Gasteiger partial charge in [-0.3, -0.25) is 9.47 Å². The molecule has 178 valence electrons. The first-order valence-electron chi connectivity index (χ1n) is 11.4. The minimum Gasteiger partial charge on any atom is -0.507 e. The van der Waals surface area contributed by atoms with Crippen molar-refractivity contribution >= 4 is 0 Å². The molecule has 5 rings (SSSR count). The van der Waals surface area contributed by atoms with Crippen LogP contribution in [0.3, 0.4) is 0 Å². The van der Waals surface area contributed by atoms with Crippen molar-refractivity contribution in [1.29, 1.82) is 0 Å². The predicted molar refractivity (Wildman–Crippen MR) is 123 cm³/mol. The highest BCUT2D eigenvalue weighted by Crippen LogP contribution is 2.43. The van der Waals surface area contributed by atoms with Gasteiger partial charge in [0, 0.05) is 42.2 Å². The Bertz CT molecular complexity index is 1270. The summed E-state index contributed by atoms with van der Waals surface area (Å²) in [5, 5.41) is 18.9. The molecule has 34 heavy (non-hydrogen) atoms. The van der Waals surface area contributed by atoms with E-state index in [0.29, 0.717) is 23.2 Å². The van der Waals surface area contributed by atoms with Gasteiger partial charge in [-0.2, -0.15) is 4.98 Å². The van der Waals surface area contributed by atoms with Gasteiger partial charge >= 0.3 is 5.69 Å². The van der Waals surface area contributed by atoms with E-state index >= 15 is 4.39 Å². The summed E-state index contributed by atoms with van der Waals surface area (Å²) in [4.78, 5) is 21.9. The number of aromatic nitrogens is 5. The molecule has 1 aromatic carbocycles. The maximum atomic E-state index is 15.2. The number of rotatable bonds is 4. The number of phenols is 1. The van der Waals surface area contributed by atoms with Crippen molar-refractivity contribution in [2.45, 2.75) is 56.5 Å². The molecule has 2 bridgehead atoms. The highest BCUT2D eigenvalue weighted by molar-refractivity contribution is 5.71. The summed E-state index contributed by atoms with van der Waals surface area (Å²) in [5.74, 6) is 0.425. The third kappa shape index (κ3) is 3.91. The van der Waals surface area contributed by atoms with Crippen molar-refractivity contribution < 1.29 is 14.2 Å². The lowest BCUT2D eigenvalue weighted by Gasteiger charge is -2.54. The number of fused-ring (bicyclic) bond motifs is 2. The summed E-state index contributed by atoms with van der Waals surface area (Å²) >= 11 is 0. The molecule has 0 spiro atoms. The van der Waals surface area contributed by atoms with E-state index in [1.807, 2.05) is 7.05 Å². The fraction of sp³-hybridized carbons (Fsp3) is 0.458. The fourth-order valence-corrected chi connectivity index (χ4v) is 5.08. The first kappa shape index (κ1) is 22.4. The van der Waals surface area contributed by atoms with Gasteiger partial charge in [0.25, 0.3) is 0 Å². The Balaban J connectivity index is 1.33. The Morgan fingerprint density at radius 3 is 2.74 bits per heavy atom. The number of halogens is 1. The highest BCUT2D eigenvalue weighted by atomic mass is 19.1. The summed E-state index contributed by atoms with van der Waals surface area (Å²) in [5.41, 5.74) is 0.876. The summed E-state index contributed by atoms with van der Waals surface area (Å²) < 4.78 is 22.4. The fourth-order valence-electron chi connectivity index (χ4n) is 5.08. The molecule has 0 radical (unpaired) electrons. The molecule has 0 unspecified atom stereocenters. The molecule has 4 atom stereocenters. The molecule has 10 heteroatoms. The van der Waals surface area contributed by atoms with Gasteiger partial charge in [0.15, 0.2) is 12.0 Å². The molecule has 2 aromatic heterocycles. The van der Waals surface area contributed by atoms with E-state index in [2.05, 4.69) is 32.0 Å². The molecular formula is C24H27FN6O3. The zero-order valence-corrected chi connectivity index (χ0v) is 19.3. The normalized spacial score (nSPS) is 26.9. The molecule has 0 aliphatic carbocycles. The monoisotopic (exact) mass is 466 g/mol. The number of hydrogen-bond acceptors (Lipinski definition) is 8. The molecular weight excluding hydrogens is 439 g/mol. The second kappa shape index (κ2) is 8.43. The molecule has 0 amide bonds. The second-order valence-corrected chi connectivity index (χ2v) is 9.43. The molecule has 2 aliphatic rings. The Morgan fingerprint density at radius 1 is 1.21 bits per heavy atom. The topological polar surface area (TPSA) is 106 Å². The van der Waals surface area contributed by atoms with Crippen LogP contribution < -0.4 is 10.4 Å². The van der Waals surface area contributed by atoms with Crippen molar-refractivity contribution in [1.82, 2.24) is 29.6 Å². The van der Waals surface area contributed by atoms with E-state index in [1.54, 1.807) is 31.3 Å². The van der Waals surface area contributed by atoms with Gasteiger partial charge in [0.05, 0.1) is 5.69 Å². The van der Waals surface area contributed by atoms with Crippen LogP contribution in [0.15, 0.2) is 41.5 Å². The number of phenolic OH excluding ortho intramolecular Hbond substituents is 1. The largest absolute Gasteiger partial charge is 0.507 e. The standard InChI is InChI=1S/C24H27FN6O3/c1-24-10-4-5-17(31(24)3)21(25)19(12-24)34-20-9-8-16(28-29-20)15-7-6-14(11-18(15)32)22-26-13-30(2)23(33)27-22/h6-9,11,13,17,19,21,32H,4-5,10,12H2,1-3H3/t17-,19+,21-,24+/m0/s1. The molecule has 9 nitrogen and oxygen atoms in total. The lowest BCUT2D eigenvalue weighted by atomic mass is 9.74. The first-order chi connectivity index (χ1) is 16.2. The second-order valence-electron chi connectivity index (χ2n) is 9.43. The molecule has 0 saturated carbocycles. The maximum Gasteiger partial charge on any atom is 0.350 e. The van der Waals surface area contributed by atoms with Gasteiger partial charge < -0.3 is 9.84 Å². The van der Waals surface area contributed by atoms with Crippen molar-refractivity contribution in [3.05, 3.63) is 47.1 Å². The lowest BCUT2D eigenvalue weighted by Crippen LogP contribution is -2.65. The van der Waals surface area contributed by atoms with Crippen molar-refractivity contribution in [2.75, 3.05) is 7.05 Å². The van der Waals surface area contributed by atoms with Gasteiger partial charge in [0.2, 0.25) is 5.88 Å². The number of piperidine rings is 2. The molecule has 1 N–H and O–H groups in total. The number of aromatic hydroxyl groups is 1. The van der Waals surface area contributed by atoms with E-state index in [4.69, 9.17) is 4.74 Å². The van der Waals surface area contributed by atoms with Crippen molar-refractivity contribution in [3.63, 3.8) is 0 Å². The van der Waals surface area contributed by atoms with Crippen LogP contribution in [0.2, 0.25) is 0 Å². The molecule has 2 saturated heterocycles. The van der Waals surface area contributed by atoms with E-state index < -0.39 is 18.0 Å². The highest BCUT2D eigenvalue weighted by Gasteiger charge is 2.51. The Hall–Kier alpha value is -3.40. The number of ether oxygens (including phenoxy) is 1. The SMILES string of the molecule is CN1[C@H]2CCC[C@]1(C)C[C@@H](Oc1ccc(-c3ccc(-c4ncn(C)c(=O)n4)cc3O)nn1)[C@H]2F. The van der Waals surface area contributed by atoms with Crippen LogP contribution in [0.1, 0.15) is 32.6 Å². The molecule has 3 aromatic rings. The average Bonchev–Trinajstić information content (AvgIpc) is 2.81. The van der Waals surface area contributed by atoms with Crippen LogP contribution in [0.25, 0.3) is 22.6 Å². The minimum atomic E-state index is -1.09. The number of aryl methyl sites for hydroxylation is 1. The van der Waals surface area contributed by atoms with Crippen LogP contribution in [0, 0.1) is 0 Å². The smallest absolute Gasteiger partial charge is 0.350 e. The van der Waals surface area contributed by atoms with Crippen LogP contribution in [0.5, 0.6) is 11.6 Å².